The Labute approximate surface area is 193 Å². The van der Waals surface area contributed by atoms with Crippen molar-refractivity contribution in [3.63, 3.8) is 0 Å². The number of aliphatic imine (C=N–C) groups is 1. The van der Waals surface area contributed by atoms with Crippen LogP contribution in [0.5, 0.6) is 0 Å². The monoisotopic (exact) mass is 486 g/mol. The van der Waals surface area contributed by atoms with Gasteiger partial charge in [0.05, 0.1) is 5.69 Å². The standard InChI is InChI=1S/C26H16BrClN2O/c27-20-10-8-18(9-11-20)25-29-24(26(31)30(25)22-14-12-21(28)13-15-22)16-19-6-3-5-17-4-1-2-7-23(17)19/h1-16H/b24-16+. The average molecular weight is 488 g/mol. The Morgan fingerprint density at radius 2 is 1.55 bits per heavy atom. The minimum Gasteiger partial charge on any atom is -0.266 e. The molecule has 0 fully saturated rings. The summed E-state index contributed by atoms with van der Waals surface area (Å²) in [6.07, 6.45) is 1.86. The molecule has 5 heteroatoms. The molecule has 0 saturated carbocycles. The zero-order chi connectivity index (χ0) is 21.4. The summed E-state index contributed by atoms with van der Waals surface area (Å²) in [5, 5.41) is 2.81. The number of carbonyl (C=O) groups is 1. The molecule has 0 radical (unpaired) electrons. The number of fused-ring (bicyclic) bond motifs is 1. The van der Waals surface area contributed by atoms with Gasteiger partial charge in [-0.2, -0.15) is 0 Å². The van der Waals surface area contributed by atoms with Crippen LogP contribution < -0.4 is 4.90 Å². The number of nitrogens with zero attached hydrogens (tertiary/aromatic N) is 2. The SMILES string of the molecule is O=C1/C(=C\c2cccc3ccccc23)N=C(c2ccc(Br)cc2)N1c1ccc(Cl)cc1. The number of amides is 1. The summed E-state index contributed by atoms with van der Waals surface area (Å²) in [5.74, 6) is 0.416. The Hall–Kier alpha value is -3.21. The van der Waals surface area contributed by atoms with E-state index < -0.39 is 0 Å². The molecule has 1 amide bonds. The van der Waals surface area contributed by atoms with Crippen LogP contribution in [0.3, 0.4) is 0 Å². The second-order valence-electron chi connectivity index (χ2n) is 7.16. The smallest absolute Gasteiger partial charge is 0.266 e. The van der Waals surface area contributed by atoms with Gasteiger partial charge in [0, 0.05) is 15.1 Å². The van der Waals surface area contributed by atoms with Crippen molar-refractivity contribution >= 4 is 61.8 Å². The highest BCUT2D eigenvalue weighted by atomic mass is 79.9. The predicted octanol–water partition coefficient (Wildman–Crippen LogP) is 7.09. The lowest BCUT2D eigenvalue weighted by atomic mass is 10.0. The Kier molecular flexibility index (Phi) is 5.18. The predicted molar refractivity (Wildman–Crippen MR) is 132 cm³/mol. The van der Waals surface area contributed by atoms with E-state index in [0.29, 0.717) is 16.6 Å². The molecule has 1 aliphatic heterocycles. The number of anilines is 1. The molecule has 0 aliphatic carbocycles. The van der Waals surface area contributed by atoms with E-state index in [0.717, 1.165) is 32.1 Å². The number of carbonyl (C=O) groups excluding carboxylic acids is 1. The highest BCUT2D eigenvalue weighted by molar-refractivity contribution is 9.10. The lowest BCUT2D eigenvalue weighted by molar-refractivity contribution is -0.113. The normalized spacial score (nSPS) is 15.0. The minimum absolute atomic E-state index is 0.173. The third-order valence-corrected chi connectivity index (χ3v) is 5.94. The highest BCUT2D eigenvalue weighted by Crippen LogP contribution is 2.30. The van der Waals surface area contributed by atoms with Gasteiger partial charge in [0.25, 0.3) is 5.91 Å². The molecule has 0 atom stereocenters. The summed E-state index contributed by atoms with van der Waals surface area (Å²) in [4.78, 5) is 19.9. The zero-order valence-corrected chi connectivity index (χ0v) is 18.6. The van der Waals surface area contributed by atoms with Crippen molar-refractivity contribution in [1.29, 1.82) is 0 Å². The van der Waals surface area contributed by atoms with Gasteiger partial charge in [0.1, 0.15) is 11.5 Å². The maximum absolute atomic E-state index is 13.5. The topological polar surface area (TPSA) is 32.7 Å². The molecule has 31 heavy (non-hydrogen) atoms. The molecule has 4 aromatic carbocycles. The van der Waals surface area contributed by atoms with E-state index in [1.54, 1.807) is 17.0 Å². The molecule has 0 unspecified atom stereocenters. The van der Waals surface area contributed by atoms with Crippen LogP contribution in [0.1, 0.15) is 11.1 Å². The van der Waals surface area contributed by atoms with Crippen molar-refractivity contribution in [2.45, 2.75) is 0 Å². The van der Waals surface area contributed by atoms with Crippen LogP contribution in [-0.4, -0.2) is 11.7 Å². The van der Waals surface area contributed by atoms with Gasteiger partial charge in [-0.05, 0) is 58.8 Å². The summed E-state index contributed by atoms with van der Waals surface area (Å²) in [7, 11) is 0. The van der Waals surface area contributed by atoms with Crippen LogP contribution in [0, 0.1) is 0 Å². The second-order valence-corrected chi connectivity index (χ2v) is 8.51. The van der Waals surface area contributed by atoms with Crippen LogP contribution in [-0.2, 0) is 4.79 Å². The number of halogens is 2. The van der Waals surface area contributed by atoms with Gasteiger partial charge in [-0.25, -0.2) is 4.99 Å². The molecule has 0 saturated heterocycles. The first-order valence-electron chi connectivity index (χ1n) is 9.74. The van der Waals surface area contributed by atoms with Gasteiger partial charge in [0.15, 0.2) is 0 Å². The molecule has 1 aliphatic rings. The van der Waals surface area contributed by atoms with Gasteiger partial charge >= 0.3 is 0 Å². The van der Waals surface area contributed by atoms with Crippen LogP contribution in [0.25, 0.3) is 16.8 Å². The van der Waals surface area contributed by atoms with Crippen molar-refractivity contribution < 1.29 is 4.79 Å². The fourth-order valence-electron chi connectivity index (χ4n) is 3.66. The van der Waals surface area contributed by atoms with Crippen molar-refractivity contribution in [2.24, 2.45) is 4.99 Å². The van der Waals surface area contributed by atoms with Crippen molar-refractivity contribution in [2.75, 3.05) is 4.90 Å². The quantitative estimate of drug-likeness (QED) is 0.284. The fraction of sp³-hybridized carbons (Fsp3) is 0. The van der Waals surface area contributed by atoms with Crippen LogP contribution in [0.4, 0.5) is 5.69 Å². The lowest BCUT2D eigenvalue weighted by Gasteiger charge is -2.18. The Morgan fingerprint density at radius 1 is 0.839 bits per heavy atom. The van der Waals surface area contributed by atoms with Gasteiger partial charge in [0.2, 0.25) is 0 Å². The molecule has 0 N–H and O–H groups in total. The zero-order valence-electron chi connectivity index (χ0n) is 16.3. The summed E-state index contributed by atoms with van der Waals surface area (Å²) in [6.45, 7) is 0. The number of benzene rings is 4. The van der Waals surface area contributed by atoms with E-state index in [-0.39, 0.29) is 5.91 Å². The number of hydrogen-bond donors (Lipinski definition) is 0. The molecule has 0 spiro atoms. The summed E-state index contributed by atoms with van der Waals surface area (Å²) < 4.78 is 0.964. The summed E-state index contributed by atoms with van der Waals surface area (Å²) >= 11 is 9.53. The second kappa shape index (κ2) is 8.14. The first-order valence-corrected chi connectivity index (χ1v) is 10.9. The molecule has 0 aromatic heterocycles. The first-order chi connectivity index (χ1) is 15.1. The van der Waals surface area contributed by atoms with E-state index in [4.69, 9.17) is 16.6 Å². The Bertz CT molecular complexity index is 1350. The maximum atomic E-state index is 13.5. The number of rotatable bonds is 3. The van der Waals surface area contributed by atoms with Crippen molar-refractivity contribution in [3.8, 4) is 0 Å². The fourth-order valence-corrected chi connectivity index (χ4v) is 4.05. The first kappa shape index (κ1) is 19.7. The van der Waals surface area contributed by atoms with E-state index in [1.165, 1.54) is 0 Å². The molecule has 3 nitrogen and oxygen atoms in total. The minimum atomic E-state index is -0.173. The van der Waals surface area contributed by atoms with E-state index in [2.05, 4.69) is 34.1 Å². The van der Waals surface area contributed by atoms with E-state index in [9.17, 15) is 4.79 Å². The third-order valence-electron chi connectivity index (χ3n) is 5.16. The summed E-state index contributed by atoms with van der Waals surface area (Å²) in [5.41, 5.74) is 2.92. The molecule has 1 heterocycles. The molecule has 150 valence electrons. The molecule has 4 aromatic rings. The van der Waals surface area contributed by atoms with E-state index in [1.807, 2.05) is 66.7 Å². The van der Waals surface area contributed by atoms with Gasteiger partial charge in [-0.3, -0.25) is 9.69 Å². The lowest BCUT2D eigenvalue weighted by Crippen LogP contribution is -2.32. The van der Waals surface area contributed by atoms with Gasteiger partial charge < -0.3 is 0 Å². The van der Waals surface area contributed by atoms with E-state index >= 15 is 0 Å². The van der Waals surface area contributed by atoms with Crippen molar-refractivity contribution in [3.05, 3.63) is 117 Å². The van der Waals surface area contributed by atoms with Crippen molar-refractivity contribution in [1.82, 2.24) is 0 Å². The average Bonchev–Trinajstić information content (AvgIpc) is 3.11. The molecular weight excluding hydrogens is 472 g/mol. The molecule has 5 rings (SSSR count). The van der Waals surface area contributed by atoms with Crippen LogP contribution in [0.2, 0.25) is 5.02 Å². The largest absolute Gasteiger partial charge is 0.282 e. The molecular formula is C26H16BrClN2O. The van der Waals surface area contributed by atoms with Gasteiger partial charge in [-0.15, -0.1) is 0 Å². The number of hydrogen-bond acceptors (Lipinski definition) is 2. The highest BCUT2D eigenvalue weighted by Gasteiger charge is 2.32. The maximum Gasteiger partial charge on any atom is 0.282 e. The Morgan fingerprint density at radius 3 is 2.32 bits per heavy atom. The van der Waals surface area contributed by atoms with Gasteiger partial charge in [-0.1, -0.05) is 82.1 Å². The Balaban J connectivity index is 1.66. The van der Waals surface area contributed by atoms with Crippen LogP contribution >= 0.6 is 27.5 Å². The third kappa shape index (κ3) is 3.80. The number of amidine groups is 1. The molecule has 0 bridgehead atoms. The summed E-state index contributed by atoms with van der Waals surface area (Å²) in [6, 6.07) is 29.1. The van der Waals surface area contributed by atoms with Crippen LogP contribution in [0.15, 0.2) is 106 Å².